The van der Waals surface area contributed by atoms with Crippen molar-refractivity contribution in [1.29, 1.82) is 0 Å². The maximum atomic E-state index is 10.6. The third-order valence-electron chi connectivity index (χ3n) is 0.696. The minimum atomic E-state index is -0.895. The number of carbonyl (C=O) groups is 2. The molecule has 1 N–H and O–H groups in total. The Kier molecular flexibility index (Phi) is 3.42. The van der Waals surface area contributed by atoms with E-state index < -0.39 is 11.9 Å². The molecule has 0 aromatic rings. The second-order valence-corrected chi connectivity index (χ2v) is 1.83. The molecule has 0 spiro atoms. The van der Waals surface area contributed by atoms with Crippen LogP contribution in [0.25, 0.3) is 0 Å². The first kappa shape index (κ1) is 8.90. The van der Waals surface area contributed by atoms with E-state index in [0.717, 1.165) is 7.11 Å². The van der Waals surface area contributed by atoms with Gasteiger partial charge in [0.2, 0.25) is 0 Å². The van der Waals surface area contributed by atoms with Gasteiger partial charge in [-0.25, -0.2) is 9.80 Å². The quantitative estimate of drug-likeness (QED) is 0.285. The van der Waals surface area contributed by atoms with Crippen molar-refractivity contribution in [2.75, 3.05) is 21.2 Å². The van der Waals surface area contributed by atoms with Crippen LogP contribution in [0.15, 0.2) is 0 Å². The predicted octanol–water partition coefficient (Wildman–Crippen LogP) is -1.25. The molecule has 5 heteroatoms. The summed E-state index contributed by atoms with van der Waals surface area (Å²) < 4.78 is 4.14. The zero-order chi connectivity index (χ0) is 8.15. The van der Waals surface area contributed by atoms with E-state index in [9.17, 15) is 9.59 Å². The second-order valence-electron chi connectivity index (χ2n) is 1.83. The van der Waals surface area contributed by atoms with Gasteiger partial charge in [-0.3, -0.25) is 10.2 Å². The summed E-state index contributed by atoms with van der Waals surface area (Å²) in [7, 11) is 4.35. The summed E-state index contributed by atoms with van der Waals surface area (Å²) in [6.45, 7) is 0. The minimum Gasteiger partial charge on any atom is -0.462 e. The SMILES string of the molecule is COC(=O)C(=O)NN(C)C. The third-order valence-corrected chi connectivity index (χ3v) is 0.696. The van der Waals surface area contributed by atoms with Gasteiger partial charge in [0.25, 0.3) is 0 Å². The minimum absolute atomic E-state index is 0.771. The van der Waals surface area contributed by atoms with Gasteiger partial charge in [0, 0.05) is 14.1 Å². The maximum Gasteiger partial charge on any atom is 0.397 e. The molecular formula is C5H10N2O3. The Morgan fingerprint density at radius 3 is 2.20 bits per heavy atom. The first-order chi connectivity index (χ1) is 4.57. The molecule has 58 valence electrons. The maximum absolute atomic E-state index is 10.6. The topological polar surface area (TPSA) is 58.6 Å². The smallest absolute Gasteiger partial charge is 0.397 e. The van der Waals surface area contributed by atoms with Gasteiger partial charge in [-0.1, -0.05) is 0 Å². The summed E-state index contributed by atoms with van der Waals surface area (Å²) in [6.07, 6.45) is 0. The van der Waals surface area contributed by atoms with Gasteiger partial charge in [0.15, 0.2) is 0 Å². The number of ether oxygens (including phenoxy) is 1. The molecule has 0 aliphatic heterocycles. The van der Waals surface area contributed by atoms with Crippen LogP contribution >= 0.6 is 0 Å². The molecule has 5 nitrogen and oxygen atoms in total. The number of carbonyl (C=O) groups excluding carboxylic acids is 2. The zero-order valence-corrected chi connectivity index (χ0v) is 6.17. The van der Waals surface area contributed by atoms with E-state index in [-0.39, 0.29) is 0 Å². The van der Waals surface area contributed by atoms with Gasteiger partial charge < -0.3 is 4.74 Å². The van der Waals surface area contributed by atoms with Crippen molar-refractivity contribution < 1.29 is 14.3 Å². The van der Waals surface area contributed by atoms with E-state index in [0.29, 0.717) is 0 Å². The van der Waals surface area contributed by atoms with E-state index in [1.54, 1.807) is 14.1 Å². The monoisotopic (exact) mass is 146 g/mol. The molecule has 0 fully saturated rings. The van der Waals surface area contributed by atoms with Crippen LogP contribution in [-0.2, 0) is 14.3 Å². The number of hydrogen-bond donors (Lipinski definition) is 1. The lowest BCUT2D eigenvalue weighted by Gasteiger charge is -2.09. The average molecular weight is 146 g/mol. The van der Waals surface area contributed by atoms with Crippen LogP contribution in [0, 0.1) is 0 Å². The summed E-state index contributed by atoms with van der Waals surface area (Å²) in [5, 5.41) is 1.36. The highest BCUT2D eigenvalue weighted by atomic mass is 16.5. The first-order valence-corrected chi connectivity index (χ1v) is 2.64. The summed E-state index contributed by atoms with van der Waals surface area (Å²) in [6, 6.07) is 0. The molecule has 0 aromatic heterocycles. The lowest BCUT2D eigenvalue weighted by molar-refractivity contribution is -0.154. The molecule has 0 unspecified atom stereocenters. The second kappa shape index (κ2) is 3.84. The number of hydrazine groups is 1. The Labute approximate surface area is 58.9 Å². The van der Waals surface area contributed by atoms with Gasteiger partial charge in [-0.15, -0.1) is 0 Å². The molecule has 0 saturated carbocycles. The molecule has 0 radical (unpaired) electrons. The van der Waals surface area contributed by atoms with Crippen molar-refractivity contribution in [2.45, 2.75) is 0 Å². The molecule has 10 heavy (non-hydrogen) atoms. The molecule has 0 saturated heterocycles. The summed E-state index contributed by atoms with van der Waals surface area (Å²) in [4.78, 5) is 20.9. The largest absolute Gasteiger partial charge is 0.462 e. The highest BCUT2D eigenvalue weighted by Gasteiger charge is 2.12. The van der Waals surface area contributed by atoms with Crippen LogP contribution in [0.4, 0.5) is 0 Å². The Balaban J connectivity index is 3.74. The highest BCUT2D eigenvalue weighted by molar-refractivity contribution is 6.32. The fourth-order valence-corrected chi connectivity index (χ4v) is 0.341. The molecule has 0 aromatic carbocycles. The molecular weight excluding hydrogens is 136 g/mol. The number of nitrogens with one attached hydrogen (secondary N) is 1. The van der Waals surface area contributed by atoms with Crippen LogP contribution in [0.3, 0.4) is 0 Å². The fourth-order valence-electron chi connectivity index (χ4n) is 0.341. The lowest BCUT2D eigenvalue weighted by atomic mass is 10.6. The predicted molar refractivity (Wildman–Crippen MR) is 33.8 cm³/mol. The van der Waals surface area contributed by atoms with Crippen LogP contribution < -0.4 is 5.43 Å². The van der Waals surface area contributed by atoms with Gasteiger partial charge in [0.05, 0.1) is 7.11 Å². The average Bonchev–Trinajstić information content (AvgIpc) is 1.85. The normalized spacial score (nSPS) is 9.20. The number of amides is 1. The number of nitrogens with zero attached hydrogens (tertiary/aromatic N) is 1. The van der Waals surface area contributed by atoms with Crippen molar-refractivity contribution >= 4 is 11.9 Å². The Morgan fingerprint density at radius 2 is 1.90 bits per heavy atom. The molecule has 0 rings (SSSR count). The van der Waals surface area contributed by atoms with Crippen LogP contribution in [0.2, 0.25) is 0 Å². The van der Waals surface area contributed by atoms with Gasteiger partial charge >= 0.3 is 11.9 Å². The van der Waals surface area contributed by atoms with Crippen molar-refractivity contribution in [3.05, 3.63) is 0 Å². The van der Waals surface area contributed by atoms with E-state index in [2.05, 4.69) is 10.2 Å². The highest BCUT2D eigenvalue weighted by Crippen LogP contribution is 1.73. The van der Waals surface area contributed by atoms with E-state index in [1.165, 1.54) is 5.01 Å². The van der Waals surface area contributed by atoms with Gasteiger partial charge in [0.1, 0.15) is 0 Å². The molecule has 0 aliphatic carbocycles. The molecule has 1 amide bonds. The van der Waals surface area contributed by atoms with E-state index in [4.69, 9.17) is 0 Å². The Hall–Kier alpha value is -1.10. The first-order valence-electron chi connectivity index (χ1n) is 2.64. The molecule has 0 heterocycles. The van der Waals surface area contributed by atoms with Crippen molar-refractivity contribution in [1.82, 2.24) is 10.4 Å². The van der Waals surface area contributed by atoms with E-state index >= 15 is 0 Å². The Morgan fingerprint density at radius 1 is 1.40 bits per heavy atom. The molecule has 0 bridgehead atoms. The van der Waals surface area contributed by atoms with Crippen LogP contribution in [0.1, 0.15) is 0 Å². The van der Waals surface area contributed by atoms with E-state index in [1.807, 2.05) is 0 Å². The van der Waals surface area contributed by atoms with Gasteiger partial charge in [-0.05, 0) is 0 Å². The number of rotatable bonds is 1. The van der Waals surface area contributed by atoms with Gasteiger partial charge in [-0.2, -0.15) is 0 Å². The molecule has 0 aliphatic rings. The molecule has 0 atom stereocenters. The fraction of sp³-hybridized carbons (Fsp3) is 0.600. The van der Waals surface area contributed by atoms with Crippen LogP contribution in [0.5, 0.6) is 0 Å². The standard InChI is InChI=1S/C5H10N2O3/c1-7(2)6-4(8)5(9)10-3/h1-3H3,(H,6,8). The van der Waals surface area contributed by atoms with Crippen molar-refractivity contribution in [3.63, 3.8) is 0 Å². The zero-order valence-electron chi connectivity index (χ0n) is 6.17. The third kappa shape index (κ3) is 3.03. The lowest BCUT2D eigenvalue weighted by Crippen LogP contribution is -2.40. The van der Waals surface area contributed by atoms with Crippen LogP contribution in [-0.4, -0.2) is 38.1 Å². The number of hydrogen-bond acceptors (Lipinski definition) is 4. The Bertz CT molecular complexity index is 144. The summed E-state index contributed by atoms with van der Waals surface area (Å²) in [5.41, 5.74) is 2.21. The summed E-state index contributed by atoms with van der Waals surface area (Å²) >= 11 is 0. The number of methoxy groups -OCH3 is 1. The van der Waals surface area contributed by atoms with Crippen molar-refractivity contribution in [2.24, 2.45) is 0 Å². The van der Waals surface area contributed by atoms with Crippen molar-refractivity contribution in [3.8, 4) is 0 Å². The summed E-state index contributed by atoms with van der Waals surface area (Å²) in [5.74, 6) is -1.67. The number of esters is 1.